The van der Waals surface area contributed by atoms with Crippen LogP contribution in [0.15, 0.2) is 84.1 Å². The number of hydrogen-bond acceptors (Lipinski definition) is 4. The molecule has 5 aromatic rings. The molecule has 0 amide bonds. The second kappa shape index (κ2) is 15.8. The largest absolute Gasteiger partial charge is 0.490 e. The van der Waals surface area contributed by atoms with Crippen LogP contribution in [0, 0.1) is 11.8 Å². The van der Waals surface area contributed by atoms with E-state index in [4.69, 9.17) is 4.74 Å². The summed E-state index contributed by atoms with van der Waals surface area (Å²) in [7, 11) is 0. The molecule has 3 aromatic carbocycles. The first-order chi connectivity index (χ1) is 24.0. The van der Waals surface area contributed by atoms with Gasteiger partial charge < -0.3 is 4.74 Å². The van der Waals surface area contributed by atoms with Crippen molar-refractivity contribution in [2.24, 2.45) is 11.8 Å². The molecule has 4 heteroatoms. The first kappa shape index (κ1) is 34.2. The Balaban J connectivity index is 0.000000327. The van der Waals surface area contributed by atoms with Gasteiger partial charge in [-0.25, -0.2) is 0 Å². The van der Waals surface area contributed by atoms with Gasteiger partial charge in [0.15, 0.2) is 0 Å². The summed E-state index contributed by atoms with van der Waals surface area (Å²) in [6.45, 7) is 6.77. The Kier molecular flexibility index (Phi) is 11.0. The van der Waals surface area contributed by atoms with Crippen LogP contribution in [-0.4, -0.2) is 11.9 Å². The van der Waals surface area contributed by atoms with E-state index in [1.807, 2.05) is 22.7 Å². The molecule has 8 rings (SSSR count). The van der Waals surface area contributed by atoms with Crippen LogP contribution in [0.4, 0.5) is 0 Å². The predicted molar refractivity (Wildman–Crippen MR) is 214 cm³/mol. The highest BCUT2D eigenvalue weighted by molar-refractivity contribution is 7.36. The second-order valence-corrected chi connectivity index (χ2v) is 16.7. The van der Waals surface area contributed by atoms with Crippen LogP contribution < -0.4 is 0 Å². The average Bonchev–Trinajstić information content (AvgIpc) is 3.61. The number of benzene rings is 3. The van der Waals surface area contributed by atoms with Crippen LogP contribution in [0.3, 0.4) is 0 Å². The van der Waals surface area contributed by atoms with Gasteiger partial charge in [0.05, 0.1) is 15.2 Å². The van der Waals surface area contributed by atoms with E-state index >= 15 is 0 Å². The third-order valence-electron chi connectivity index (χ3n) is 10.9. The Hall–Kier alpha value is -3.21. The lowest BCUT2D eigenvalue weighted by atomic mass is 9.81. The molecule has 0 aliphatic heterocycles. The monoisotopic (exact) mass is 688 g/mol. The molecule has 0 N–H and O–H groups in total. The highest BCUT2D eigenvalue weighted by Crippen LogP contribution is 2.46. The molecule has 2 aromatic heterocycles. The van der Waals surface area contributed by atoms with Crippen molar-refractivity contribution in [2.75, 3.05) is 0 Å². The molecule has 3 aliphatic rings. The molecule has 2 atom stereocenters. The van der Waals surface area contributed by atoms with Gasteiger partial charge in [0.25, 0.3) is 0 Å². The Morgan fingerprint density at radius 3 is 2.00 bits per heavy atom. The summed E-state index contributed by atoms with van der Waals surface area (Å²) in [5, 5.41) is 2.78. The van der Waals surface area contributed by atoms with E-state index in [-0.39, 0.29) is 6.10 Å². The molecule has 0 saturated heterocycles. The van der Waals surface area contributed by atoms with Crippen LogP contribution in [0.5, 0.6) is 0 Å². The predicted octanol–water partition coefficient (Wildman–Crippen LogP) is 14.3. The topological polar surface area (TPSA) is 26.3 Å². The number of carbonyl (C=O) groups excluding carboxylic acids is 1. The zero-order chi connectivity index (χ0) is 33.7. The number of hydrogen-bond donors (Lipinski definition) is 0. The Labute approximate surface area is 301 Å². The summed E-state index contributed by atoms with van der Waals surface area (Å²) in [5.41, 5.74) is 6.90. The quantitative estimate of drug-likeness (QED) is 0.129. The normalized spacial score (nSPS) is 19.2. The molecule has 2 heterocycles. The zero-order valence-electron chi connectivity index (χ0n) is 29.7. The molecule has 0 spiro atoms. The molecule has 0 radical (unpaired) electrons. The second-order valence-electron chi connectivity index (χ2n) is 14.6. The highest BCUT2D eigenvalue weighted by Gasteiger charge is 2.27. The van der Waals surface area contributed by atoms with Crippen molar-refractivity contribution in [1.82, 2.24) is 0 Å². The van der Waals surface area contributed by atoms with Crippen LogP contribution in [-0.2, 0) is 9.53 Å². The number of unbranched alkanes of at least 4 members (excludes halogenated alkanes) is 2. The molecular formula is C45H52O2S2. The van der Waals surface area contributed by atoms with E-state index < -0.39 is 0 Å². The molecule has 2 nitrogen and oxygen atoms in total. The fourth-order valence-electron chi connectivity index (χ4n) is 7.46. The molecule has 0 bridgehead atoms. The lowest BCUT2D eigenvalue weighted by Crippen LogP contribution is -2.22. The van der Waals surface area contributed by atoms with E-state index in [2.05, 4.69) is 93.6 Å². The SMILES string of the molecule is CCCCC(=O)C1CCC1.CCCCC(OC1CCC(C)C=C1c1ccc2c(c1)sc1c3ccc(-c4ccccc4)cc3sc21)=C1CCC1. The number of ketones is 1. The first-order valence-corrected chi connectivity index (χ1v) is 20.7. The van der Waals surface area contributed by atoms with E-state index in [0.29, 0.717) is 17.6 Å². The van der Waals surface area contributed by atoms with E-state index in [0.717, 1.165) is 32.1 Å². The lowest BCUT2D eigenvalue weighted by Gasteiger charge is -2.32. The minimum atomic E-state index is 0.178. The summed E-state index contributed by atoms with van der Waals surface area (Å²) in [4.78, 5) is 11.2. The van der Waals surface area contributed by atoms with Crippen molar-refractivity contribution in [2.45, 2.75) is 117 Å². The van der Waals surface area contributed by atoms with Gasteiger partial charge in [-0.2, -0.15) is 0 Å². The maximum atomic E-state index is 11.2. The average molecular weight is 689 g/mol. The van der Waals surface area contributed by atoms with E-state index in [9.17, 15) is 4.79 Å². The number of thiophene rings is 2. The summed E-state index contributed by atoms with van der Waals surface area (Å²) in [5.74, 6) is 2.90. The number of rotatable bonds is 11. The van der Waals surface area contributed by atoms with Crippen LogP contribution in [0.25, 0.3) is 46.3 Å². The first-order valence-electron chi connectivity index (χ1n) is 19.1. The number of fused-ring (bicyclic) bond motifs is 5. The third kappa shape index (κ3) is 7.61. The number of allylic oxidation sites excluding steroid dienone is 3. The third-order valence-corrected chi connectivity index (χ3v) is 13.4. The van der Waals surface area contributed by atoms with Crippen molar-refractivity contribution in [3.05, 3.63) is 89.7 Å². The summed E-state index contributed by atoms with van der Waals surface area (Å²) >= 11 is 3.90. The van der Waals surface area contributed by atoms with Crippen LogP contribution in [0.2, 0.25) is 0 Å². The molecule has 3 aliphatic carbocycles. The van der Waals surface area contributed by atoms with Gasteiger partial charge in [0.1, 0.15) is 11.9 Å². The van der Waals surface area contributed by atoms with Crippen molar-refractivity contribution in [1.29, 1.82) is 0 Å². The van der Waals surface area contributed by atoms with Crippen molar-refractivity contribution < 1.29 is 9.53 Å². The smallest absolute Gasteiger partial charge is 0.135 e. The fourth-order valence-corrected chi connectivity index (χ4v) is 10.2. The summed E-state index contributed by atoms with van der Waals surface area (Å²) < 4.78 is 12.5. The van der Waals surface area contributed by atoms with Gasteiger partial charge in [0, 0.05) is 38.9 Å². The Bertz CT molecular complexity index is 1960. The molecule has 2 unspecified atom stereocenters. The van der Waals surface area contributed by atoms with Gasteiger partial charge >= 0.3 is 0 Å². The minimum absolute atomic E-state index is 0.178. The Morgan fingerprint density at radius 2 is 1.39 bits per heavy atom. The van der Waals surface area contributed by atoms with Crippen molar-refractivity contribution in [3.8, 4) is 11.1 Å². The van der Waals surface area contributed by atoms with Gasteiger partial charge in [-0.3, -0.25) is 4.79 Å². The maximum absolute atomic E-state index is 11.2. The van der Waals surface area contributed by atoms with Crippen LogP contribution in [0.1, 0.15) is 116 Å². The fraction of sp³-hybridized carbons (Fsp3) is 0.444. The minimum Gasteiger partial charge on any atom is -0.490 e. The maximum Gasteiger partial charge on any atom is 0.135 e. The summed E-state index contributed by atoms with van der Waals surface area (Å²) in [6.07, 6.45) is 19.0. The molecule has 2 saturated carbocycles. The van der Waals surface area contributed by atoms with E-state index in [1.165, 1.54) is 115 Å². The van der Waals surface area contributed by atoms with Gasteiger partial charge in [-0.15, -0.1) is 22.7 Å². The molecule has 49 heavy (non-hydrogen) atoms. The van der Waals surface area contributed by atoms with Crippen molar-refractivity contribution >= 4 is 63.6 Å². The standard InChI is InChI=1S/C36H36OS2.C9H16O/c1-3-4-13-31(25-11-8-12-25)37-32-19-14-23(2)20-30(32)27-16-18-29-34(22-27)39-35-28-17-15-26(21-33(28)38-36(29)35)24-9-6-5-7-10-24;1-2-3-7-9(10)8-5-4-6-8/h5-7,9-10,15-18,20-23,32H,3-4,8,11-14,19H2,1-2H3;8H,2-7H2,1H3. The molecular weight excluding hydrogens is 637 g/mol. The van der Waals surface area contributed by atoms with Crippen LogP contribution >= 0.6 is 22.7 Å². The van der Waals surface area contributed by atoms with Gasteiger partial charge in [-0.1, -0.05) is 101 Å². The number of Topliss-reactive ketones (excluding diaryl/α,β-unsaturated/α-hetero) is 1. The van der Waals surface area contributed by atoms with Crippen molar-refractivity contribution in [3.63, 3.8) is 0 Å². The zero-order valence-corrected chi connectivity index (χ0v) is 31.3. The number of ether oxygens (including phenoxy) is 1. The molecule has 256 valence electrons. The number of carbonyl (C=O) groups is 1. The Morgan fingerprint density at radius 1 is 0.735 bits per heavy atom. The van der Waals surface area contributed by atoms with Gasteiger partial charge in [-0.05, 0) is 104 Å². The van der Waals surface area contributed by atoms with Gasteiger partial charge in [0.2, 0.25) is 0 Å². The highest BCUT2D eigenvalue weighted by atomic mass is 32.1. The summed E-state index contributed by atoms with van der Waals surface area (Å²) in [6, 6.07) is 24.9. The molecule has 2 fully saturated rings. The lowest BCUT2D eigenvalue weighted by molar-refractivity contribution is -0.125. The van der Waals surface area contributed by atoms with E-state index in [1.54, 1.807) is 5.57 Å².